The van der Waals surface area contributed by atoms with Crippen molar-refractivity contribution in [2.24, 2.45) is 22.2 Å². The van der Waals surface area contributed by atoms with Gasteiger partial charge in [0.1, 0.15) is 30.2 Å². The quantitative estimate of drug-likeness (QED) is 0.0285. The molecule has 62 heavy (non-hydrogen) atoms. The normalized spacial score (nSPS) is 13.7. The largest absolute Gasteiger partial charge is 0.490 e. The van der Waals surface area contributed by atoms with Crippen LogP contribution in [0.1, 0.15) is 50.3 Å². The molecule has 0 unspecified atom stereocenters. The van der Waals surface area contributed by atoms with E-state index < -0.39 is 115 Å². The molecule has 5 amide bonds. The molecule has 2 rings (SSSR count). The summed E-state index contributed by atoms with van der Waals surface area (Å²) in [5.41, 5.74) is 17.3. The second-order valence-electron chi connectivity index (χ2n) is 13.2. The summed E-state index contributed by atoms with van der Waals surface area (Å²) in [5.74, 6) is -11.7. The number of H-pyrrole nitrogens is 1. The zero-order valence-corrected chi connectivity index (χ0v) is 32.9. The molecule has 0 aliphatic rings. The Morgan fingerprint density at radius 3 is 1.77 bits per heavy atom. The molecule has 1 aromatic carbocycles. The topological polar surface area (TPSA) is 414 Å². The first-order chi connectivity index (χ1) is 28.9. The maximum atomic E-state index is 13.9. The number of aliphatic carboxylic acids is 4. The van der Waals surface area contributed by atoms with Crippen LogP contribution < -0.4 is 43.8 Å². The zero-order valence-electron chi connectivity index (χ0n) is 32.9. The Labute approximate surface area is 349 Å². The number of nitrogens with one attached hydrogen (secondary N) is 6. The van der Waals surface area contributed by atoms with Gasteiger partial charge in [-0.1, -0.05) is 30.3 Å². The summed E-state index contributed by atoms with van der Waals surface area (Å²) in [5, 5.41) is 47.1. The maximum absolute atomic E-state index is 13.9. The molecule has 0 saturated heterocycles. The average molecular weight is 888 g/mol. The second kappa shape index (κ2) is 26.0. The number of hydrogen-bond donors (Lipinski definition) is 13. The van der Waals surface area contributed by atoms with Crippen molar-refractivity contribution in [3.63, 3.8) is 0 Å². The summed E-state index contributed by atoms with van der Waals surface area (Å²) in [6.45, 7) is 1.28. The van der Waals surface area contributed by atoms with Gasteiger partial charge in [-0.2, -0.15) is 13.2 Å². The van der Waals surface area contributed by atoms with Crippen molar-refractivity contribution < 1.29 is 76.7 Å². The third kappa shape index (κ3) is 21.1. The van der Waals surface area contributed by atoms with Crippen molar-refractivity contribution in [3.05, 3.63) is 54.1 Å². The number of imidazole rings is 1. The van der Waals surface area contributed by atoms with E-state index in [1.54, 1.807) is 30.3 Å². The van der Waals surface area contributed by atoms with Gasteiger partial charge >= 0.3 is 30.1 Å². The smallest absolute Gasteiger partial charge is 0.481 e. The number of amides is 5. The molecule has 24 nitrogen and oxygen atoms in total. The second-order valence-corrected chi connectivity index (χ2v) is 13.2. The third-order valence-electron chi connectivity index (χ3n) is 8.09. The number of benzene rings is 1. The van der Waals surface area contributed by atoms with Gasteiger partial charge < -0.3 is 69.2 Å². The van der Waals surface area contributed by atoms with Crippen LogP contribution in [0.4, 0.5) is 13.2 Å². The van der Waals surface area contributed by atoms with Gasteiger partial charge in [0.2, 0.25) is 29.5 Å². The number of nitrogens with two attached hydrogens (primary N) is 3. The van der Waals surface area contributed by atoms with Gasteiger partial charge in [0.15, 0.2) is 5.96 Å². The molecule has 1 aromatic heterocycles. The minimum absolute atomic E-state index is 0.0536. The average Bonchev–Trinajstić information content (AvgIpc) is 3.69. The predicted octanol–water partition coefficient (Wildman–Crippen LogP) is -2.92. The van der Waals surface area contributed by atoms with Crippen molar-refractivity contribution in [1.82, 2.24) is 36.6 Å². The van der Waals surface area contributed by atoms with Gasteiger partial charge in [-0.25, -0.2) is 14.6 Å². The van der Waals surface area contributed by atoms with Gasteiger partial charge in [-0.3, -0.25) is 38.6 Å². The molecule has 0 aliphatic carbocycles. The lowest BCUT2D eigenvalue weighted by Crippen LogP contribution is -2.59. The number of alkyl halides is 3. The monoisotopic (exact) mass is 887 g/mol. The molecule has 0 spiro atoms. The van der Waals surface area contributed by atoms with Crippen LogP contribution in [0.5, 0.6) is 0 Å². The number of aromatic amines is 1. The van der Waals surface area contributed by atoms with Crippen molar-refractivity contribution >= 4 is 59.4 Å². The van der Waals surface area contributed by atoms with Gasteiger partial charge in [0.25, 0.3) is 0 Å². The number of hydrogen-bond acceptors (Lipinski definition) is 12. The summed E-state index contributed by atoms with van der Waals surface area (Å²) >= 11 is 0. The van der Waals surface area contributed by atoms with E-state index in [4.69, 9.17) is 32.2 Å². The van der Waals surface area contributed by atoms with E-state index in [1.807, 2.05) is 0 Å². The molecule has 0 aliphatic heterocycles. The van der Waals surface area contributed by atoms with Crippen molar-refractivity contribution in [2.45, 2.75) is 94.3 Å². The van der Waals surface area contributed by atoms with Crippen LogP contribution in [0, 0.1) is 0 Å². The van der Waals surface area contributed by atoms with Gasteiger partial charge in [0.05, 0.1) is 18.8 Å². The fourth-order valence-electron chi connectivity index (χ4n) is 4.96. The van der Waals surface area contributed by atoms with E-state index in [-0.39, 0.29) is 38.2 Å². The Morgan fingerprint density at radius 2 is 1.27 bits per heavy atom. The number of halogens is 3. The van der Waals surface area contributed by atoms with E-state index in [9.17, 15) is 61.7 Å². The summed E-state index contributed by atoms with van der Waals surface area (Å²) in [4.78, 5) is 120. The lowest BCUT2D eigenvalue weighted by molar-refractivity contribution is -0.192. The molecule has 6 atom stereocenters. The number of carboxylic acid groups (broad SMARTS) is 4. The first-order valence-corrected chi connectivity index (χ1v) is 18.2. The Hall–Kier alpha value is -7.32. The predicted molar refractivity (Wildman–Crippen MR) is 206 cm³/mol. The number of carbonyl (C=O) groups excluding carboxylic acids is 5. The minimum atomic E-state index is -5.08. The molecule has 342 valence electrons. The number of aromatic nitrogens is 2. The Kier molecular flexibility index (Phi) is 22.1. The highest BCUT2D eigenvalue weighted by Crippen LogP contribution is 2.13. The van der Waals surface area contributed by atoms with Crippen LogP contribution in [-0.4, -0.2) is 139 Å². The minimum Gasteiger partial charge on any atom is -0.481 e. The van der Waals surface area contributed by atoms with E-state index in [0.29, 0.717) is 11.3 Å². The van der Waals surface area contributed by atoms with Crippen LogP contribution in [-0.2, 0) is 56.0 Å². The standard InChI is InChI=1S/C33H47N11O11.C2HF3O2/c1-17(40-28(50)20(34)14-26(47)48)27(49)41-22(9-10-25(45)46)30(52)43-23(12-18-6-3-2-4-7-18)31(53)42-21(8-5-11-38-33(35)36)29(51)44-24(32(54)55)13-19-15-37-16-39-19;3-2(4,5)1(6)7/h2-4,6-7,15-17,20-24H,5,8-14,34H2,1H3,(H,37,39)(H,40,50)(H,41,49)(H,42,53)(H,43,52)(H,44,51)(H,45,46)(H,47,48)(H,54,55)(H4,35,36,38);(H,6,7)/t17-,20-,21-,22-,23-,24-;/m0./s1. The molecule has 1 heterocycles. The molecule has 2 aromatic rings. The fourth-order valence-corrected chi connectivity index (χ4v) is 4.96. The molecule has 0 radical (unpaired) electrons. The van der Waals surface area contributed by atoms with Crippen molar-refractivity contribution in [2.75, 3.05) is 6.54 Å². The van der Waals surface area contributed by atoms with Crippen molar-refractivity contribution in [3.8, 4) is 0 Å². The number of carbonyl (C=O) groups is 9. The van der Waals surface area contributed by atoms with Crippen LogP contribution in [0.15, 0.2) is 47.8 Å². The lowest BCUT2D eigenvalue weighted by atomic mass is 10.0. The first kappa shape index (κ1) is 52.7. The van der Waals surface area contributed by atoms with Crippen LogP contribution >= 0.6 is 0 Å². The summed E-state index contributed by atoms with van der Waals surface area (Å²) in [7, 11) is 0. The highest BCUT2D eigenvalue weighted by atomic mass is 19.4. The van der Waals surface area contributed by atoms with E-state index in [0.717, 1.165) is 0 Å². The first-order valence-electron chi connectivity index (χ1n) is 18.2. The Morgan fingerprint density at radius 1 is 0.742 bits per heavy atom. The van der Waals surface area contributed by atoms with Crippen LogP contribution in [0.3, 0.4) is 0 Å². The van der Waals surface area contributed by atoms with Crippen LogP contribution in [0.2, 0.25) is 0 Å². The van der Waals surface area contributed by atoms with Gasteiger partial charge in [-0.05, 0) is 31.7 Å². The number of nitrogens with zero attached hydrogens (tertiary/aromatic N) is 2. The third-order valence-corrected chi connectivity index (χ3v) is 8.09. The molecule has 0 bridgehead atoms. The fraction of sp³-hybridized carbons (Fsp3) is 0.457. The Balaban J connectivity index is 0.00000251. The van der Waals surface area contributed by atoms with Crippen molar-refractivity contribution in [1.29, 1.82) is 0 Å². The maximum Gasteiger partial charge on any atom is 0.490 e. The number of carboxylic acids is 4. The number of guanidine groups is 1. The van der Waals surface area contributed by atoms with E-state index in [2.05, 4.69) is 41.5 Å². The molecule has 16 N–H and O–H groups in total. The summed E-state index contributed by atoms with van der Waals surface area (Å²) < 4.78 is 31.7. The SMILES string of the molecule is C[C@H](NC(=O)[C@@H](N)CC(=O)O)C(=O)N[C@@H](CCC(=O)O)C(=O)N[C@@H](Cc1ccccc1)C(=O)N[C@@H](CCCN=C(N)N)C(=O)N[C@@H](Cc1cnc[nH]1)C(=O)O.O=C(O)C(F)(F)F. The lowest BCUT2D eigenvalue weighted by Gasteiger charge is -2.26. The van der Waals surface area contributed by atoms with E-state index >= 15 is 0 Å². The highest BCUT2D eigenvalue weighted by Gasteiger charge is 2.38. The summed E-state index contributed by atoms with van der Waals surface area (Å²) in [6.07, 6.45) is -4.37. The molecule has 0 fully saturated rings. The molecule has 27 heteroatoms. The number of aliphatic imine (C=N–C) groups is 1. The summed E-state index contributed by atoms with van der Waals surface area (Å²) in [6, 6.07) is -0.248. The molecule has 0 saturated carbocycles. The van der Waals surface area contributed by atoms with Gasteiger partial charge in [-0.15, -0.1) is 0 Å². The zero-order chi connectivity index (χ0) is 47.2. The highest BCUT2D eigenvalue weighted by molar-refractivity contribution is 5.96. The van der Waals surface area contributed by atoms with E-state index in [1.165, 1.54) is 19.4 Å². The number of rotatable bonds is 24. The van der Waals surface area contributed by atoms with Gasteiger partial charge in [0, 0.05) is 37.7 Å². The van der Waals surface area contributed by atoms with Crippen LogP contribution in [0.25, 0.3) is 0 Å². The molecular weight excluding hydrogens is 839 g/mol. The molecular formula is C35H48F3N11O13. The Bertz CT molecular complexity index is 1880.